The van der Waals surface area contributed by atoms with Gasteiger partial charge in [0.1, 0.15) is 5.75 Å². The smallest absolute Gasteiger partial charge is 0.291 e. The standard InChI is InChI=1S/C21H19N3O5S/c1-26-14-7-5-6-12(8-14)9-17-20(25)24-21(30-17)22-19(23-24)13-10-15(27-2)18(29-4)16(11-13)28-3/h5-11H,1-4H3. The fourth-order valence-electron chi connectivity index (χ4n) is 3.05. The summed E-state index contributed by atoms with van der Waals surface area (Å²) in [5.74, 6) is 2.56. The third kappa shape index (κ3) is 3.43. The summed E-state index contributed by atoms with van der Waals surface area (Å²) in [5, 5.41) is 4.39. The molecule has 0 N–H and O–H groups in total. The monoisotopic (exact) mass is 425 g/mol. The van der Waals surface area contributed by atoms with Crippen molar-refractivity contribution < 1.29 is 18.9 Å². The van der Waals surface area contributed by atoms with Gasteiger partial charge in [-0.05, 0) is 35.9 Å². The Kier molecular flexibility index (Phi) is 5.28. The van der Waals surface area contributed by atoms with Crippen LogP contribution in [0, 0.1) is 0 Å². The van der Waals surface area contributed by atoms with Gasteiger partial charge in [0.15, 0.2) is 17.3 Å². The van der Waals surface area contributed by atoms with Crippen molar-refractivity contribution in [1.29, 1.82) is 0 Å². The molecule has 4 rings (SSSR count). The van der Waals surface area contributed by atoms with Crippen LogP contribution in [0.15, 0.2) is 41.2 Å². The zero-order chi connectivity index (χ0) is 21.3. The van der Waals surface area contributed by atoms with Crippen molar-refractivity contribution in [2.45, 2.75) is 0 Å². The van der Waals surface area contributed by atoms with E-state index in [9.17, 15) is 4.79 Å². The second-order valence-corrected chi connectivity index (χ2v) is 7.25. The third-order valence-corrected chi connectivity index (χ3v) is 5.46. The van der Waals surface area contributed by atoms with Crippen LogP contribution in [0.25, 0.3) is 22.4 Å². The Morgan fingerprint density at radius 3 is 2.30 bits per heavy atom. The number of methoxy groups -OCH3 is 4. The van der Waals surface area contributed by atoms with Crippen LogP contribution in [0.5, 0.6) is 23.0 Å². The summed E-state index contributed by atoms with van der Waals surface area (Å²) in [6, 6.07) is 11.0. The predicted octanol–water partition coefficient (Wildman–Crippen LogP) is 2.40. The van der Waals surface area contributed by atoms with E-state index < -0.39 is 0 Å². The van der Waals surface area contributed by atoms with E-state index in [1.54, 1.807) is 25.3 Å². The molecule has 0 spiro atoms. The van der Waals surface area contributed by atoms with Crippen molar-refractivity contribution in [3.8, 4) is 34.4 Å². The van der Waals surface area contributed by atoms with Crippen molar-refractivity contribution in [3.63, 3.8) is 0 Å². The summed E-state index contributed by atoms with van der Waals surface area (Å²) in [6.45, 7) is 0. The highest BCUT2D eigenvalue weighted by molar-refractivity contribution is 7.15. The summed E-state index contributed by atoms with van der Waals surface area (Å²) in [7, 11) is 6.22. The van der Waals surface area contributed by atoms with E-state index in [4.69, 9.17) is 18.9 Å². The molecule has 0 radical (unpaired) electrons. The number of nitrogens with zero attached hydrogens (tertiary/aromatic N) is 3. The van der Waals surface area contributed by atoms with Crippen LogP contribution in [0.2, 0.25) is 0 Å². The van der Waals surface area contributed by atoms with E-state index >= 15 is 0 Å². The molecular weight excluding hydrogens is 406 g/mol. The fourth-order valence-corrected chi connectivity index (χ4v) is 3.96. The molecule has 4 aromatic rings. The zero-order valence-corrected chi connectivity index (χ0v) is 17.6. The van der Waals surface area contributed by atoms with Crippen molar-refractivity contribution in [1.82, 2.24) is 14.6 Å². The van der Waals surface area contributed by atoms with Crippen molar-refractivity contribution in [3.05, 3.63) is 56.8 Å². The van der Waals surface area contributed by atoms with Crippen LogP contribution >= 0.6 is 11.3 Å². The minimum absolute atomic E-state index is 0.232. The largest absolute Gasteiger partial charge is 0.497 e. The second-order valence-electron chi connectivity index (χ2n) is 6.24. The Bertz CT molecular complexity index is 1300. The lowest BCUT2D eigenvalue weighted by molar-refractivity contribution is 0.324. The van der Waals surface area contributed by atoms with Gasteiger partial charge in [-0.1, -0.05) is 23.5 Å². The summed E-state index contributed by atoms with van der Waals surface area (Å²) in [4.78, 5) is 17.8. The molecule has 8 nitrogen and oxygen atoms in total. The lowest BCUT2D eigenvalue weighted by Crippen LogP contribution is -2.23. The molecule has 0 saturated heterocycles. The summed E-state index contributed by atoms with van der Waals surface area (Å²) < 4.78 is 23.2. The fraction of sp³-hybridized carbons (Fsp3) is 0.190. The molecule has 2 aromatic carbocycles. The topological polar surface area (TPSA) is 84.2 Å². The van der Waals surface area contributed by atoms with E-state index in [0.717, 1.165) is 11.3 Å². The number of thiazole rings is 1. The maximum absolute atomic E-state index is 12.8. The van der Waals surface area contributed by atoms with Gasteiger partial charge in [0.2, 0.25) is 10.7 Å². The molecule has 0 amide bonds. The number of hydrogen-bond donors (Lipinski definition) is 0. The first-order chi connectivity index (χ1) is 14.6. The minimum Gasteiger partial charge on any atom is -0.497 e. The van der Waals surface area contributed by atoms with Crippen molar-refractivity contribution in [2.75, 3.05) is 28.4 Å². The van der Waals surface area contributed by atoms with Gasteiger partial charge in [0.05, 0.1) is 33.0 Å². The van der Waals surface area contributed by atoms with Gasteiger partial charge in [0, 0.05) is 5.56 Å². The third-order valence-electron chi connectivity index (χ3n) is 4.50. The van der Waals surface area contributed by atoms with Gasteiger partial charge in [-0.25, -0.2) is 0 Å². The number of fused-ring (bicyclic) bond motifs is 1. The molecule has 2 aromatic heterocycles. The maximum Gasteiger partial charge on any atom is 0.291 e. The molecule has 0 bridgehead atoms. The molecule has 0 saturated carbocycles. The highest BCUT2D eigenvalue weighted by atomic mass is 32.1. The van der Waals surface area contributed by atoms with E-state index in [-0.39, 0.29) is 5.56 Å². The number of rotatable bonds is 6. The van der Waals surface area contributed by atoms with Crippen LogP contribution in [0.4, 0.5) is 0 Å². The molecule has 0 aliphatic heterocycles. The molecule has 0 atom stereocenters. The molecule has 9 heteroatoms. The molecule has 0 aliphatic carbocycles. The molecule has 2 heterocycles. The quantitative estimate of drug-likeness (QED) is 0.469. The van der Waals surface area contributed by atoms with Gasteiger partial charge >= 0.3 is 0 Å². The summed E-state index contributed by atoms with van der Waals surface area (Å²) >= 11 is 1.27. The molecule has 0 aliphatic rings. The van der Waals surface area contributed by atoms with Gasteiger partial charge in [-0.2, -0.15) is 9.50 Å². The first kappa shape index (κ1) is 19.7. The van der Waals surface area contributed by atoms with Crippen LogP contribution in [0.3, 0.4) is 0 Å². The lowest BCUT2D eigenvalue weighted by atomic mass is 10.1. The zero-order valence-electron chi connectivity index (χ0n) is 16.8. The molecule has 30 heavy (non-hydrogen) atoms. The van der Waals surface area contributed by atoms with Gasteiger partial charge in [-0.3, -0.25) is 4.79 Å². The van der Waals surface area contributed by atoms with Gasteiger partial charge in [-0.15, -0.1) is 5.10 Å². The average molecular weight is 425 g/mol. The van der Waals surface area contributed by atoms with Crippen LogP contribution < -0.4 is 29.0 Å². The molecular formula is C21H19N3O5S. The number of hydrogen-bond acceptors (Lipinski definition) is 8. The Morgan fingerprint density at radius 2 is 1.70 bits per heavy atom. The van der Waals surface area contributed by atoms with Crippen LogP contribution in [-0.4, -0.2) is 43.0 Å². The van der Waals surface area contributed by atoms with Crippen molar-refractivity contribution >= 4 is 22.4 Å². The Hall–Kier alpha value is -3.59. The van der Waals surface area contributed by atoms with E-state index in [1.807, 2.05) is 24.3 Å². The molecule has 154 valence electrons. The van der Waals surface area contributed by atoms with E-state index in [0.29, 0.717) is 38.1 Å². The van der Waals surface area contributed by atoms with Crippen LogP contribution in [0.1, 0.15) is 5.56 Å². The highest BCUT2D eigenvalue weighted by Crippen LogP contribution is 2.40. The van der Waals surface area contributed by atoms with Crippen molar-refractivity contribution in [2.24, 2.45) is 0 Å². The predicted molar refractivity (Wildman–Crippen MR) is 114 cm³/mol. The second kappa shape index (κ2) is 8.03. The Morgan fingerprint density at radius 1 is 0.967 bits per heavy atom. The first-order valence-corrected chi connectivity index (χ1v) is 9.75. The maximum atomic E-state index is 12.8. The Labute approximate surface area is 175 Å². The first-order valence-electron chi connectivity index (χ1n) is 8.93. The summed E-state index contributed by atoms with van der Waals surface area (Å²) in [6.07, 6.45) is 1.80. The number of aromatic nitrogens is 3. The number of benzene rings is 2. The van der Waals surface area contributed by atoms with E-state index in [2.05, 4.69) is 10.1 Å². The Balaban J connectivity index is 1.79. The SMILES string of the molecule is COc1cccc(C=c2sc3nc(-c4cc(OC)c(OC)c(OC)c4)nn3c2=O)c1. The van der Waals surface area contributed by atoms with Gasteiger partial charge in [0.25, 0.3) is 5.56 Å². The average Bonchev–Trinajstić information content (AvgIpc) is 3.32. The van der Waals surface area contributed by atoms with Gasteiger partial charge < -0.3 is 18.9 Å². The lowest BCUT2D eigenvalue weighted by Gasteiger charge is -2.12. The minimum atomic E-state index is -0.232. The number of ether oxygens (including phenoxy) is 4. The molecule has 0 fully saturated rings. The van der Waals surface area contributed by atoms with E-state index in [1.165, 1.54) is 37.2 Å². The van der Waals surface area contributed by atoms with Crippen LogP contribution in [-0.2, 0) is 0 Å². The summed E-state index contributed by atoms with van der Waals surface area (Å²) in [5.41, 5.74) is 1.28. The normalized spacial score (nSPS) is 11.7. The molecule has 0 unspecified atom stereocenters. The highest BCUT2D eigenvalue weighted by Gasteiger charge is 2.18.